The van der Waals surface area contributed by atoms with Crippen molar-refractivity contribution in [1.82, 2.24) is 14.2 Å². The van der Waals surface area contributed by atoms with Crippen LogP contribution in [0.5, 0.6) is 5.75 Å². The summed E-state index contributed by atoms with van der Waals surface area (Å²) in [5.41, 5.74) is 1.78. The Kier molecular flexibility index (Phi) is 8.88. The van der Waals surface area contributed by atoms with Gasteiger partial charge in [0, 0.05) is 25.5 Å². The van der Waals surface area contributed by atoms with Gasteiger partial charge in [0.15, 0.2) is 5.78 Å². The first-order chi connectivity index (χ1) is 18.6. The van der Waals surface area contributed by atoms with Crippen molar-refractivity contribution in [1.29, 1.82) is 0 Å². The highest BCUT2D eigenvalue weighted by Crippen LogP contribution is 2.50. The van der Waals surface area contributed by atoms with Crippen LogP contribution in [0.25, 0.3) is 0 Å². The van der Waals surface area contributed by atoms with Crippen LogP contribution in [-0.4, -0.2) is 67.8 Å². The van der Waals surface area contributed by atoms with E-state index in [-0.39, 0.29) is 18.1 Å². The third-order valence-electron chi connectivity index (χ3n) is 7.13. The van der Waals surface area contributed by atoms with E-state index in [0.29, 0.717) is 16.4 Å². The summed E-state index contributed by atoms with van der Waals surface area (Å²) in [5.74, 6) is -0.378. The Balaban J connectivity index is 1.55. The Bertz CT molecular complexity index is 1410. The molecule has 3 aromatic rings. The van der Waals surface area contributed by atoms with Crippen molar-refractivity contribution in [2.24, 2.45) is 0 Å². The third-order valence-corrected chi connectivity index (χ3v) is 9.82. The van der Waals surface area contributed by atoms with E-state index in [1.165, 1.54) is 31.0 Å². The Morgan fingerprint density at radius 3 is 2.31 bits per heavy atom. The molecule has 0 saturated heterocycles. The zero-order chi connectivity index (χ0) is 28.2. The second kappa shape index (κ2) is 12.0. The minimum atomic E-state index is -3.70. The number of thiazole rings is 1. The van der Waals surface area contributed by atoms with Gasteiger partial charge in [-0.2, -0.15) is 0 Å². The first kappa shape index (κ1) is 28.9. The molecule has 1 aromatic heterocycles. The minimum absolute atomic E-state index is 0.0524. The van der Waals surface area contributed by atoms with Crippen molar-refractivity contribution in [3.8, 4) is 5.75 Å². The van der Waals surface area contributed by atoms with Gasteiger partial charge in [-0.05, 0) is 55.9 Å². The zero-order valence-electron chi connectivity index (χ0n) is 22.8. The molecule has 1 amide bonds. The number of hydrogen-bond acceptors (Lipinski definition) is 7. The van der Waals surface area contributed by atoms with E-state index in [4.69, 9.17) is 4.74 Å². The standard InChI is InChI=1S/C29H35N3O5S2/c1-21-27(25(33)20-39(35,36)31(2)3)30-26(38-21)19-32(18-8-11-22-9-6-5-7-10-22)28(34)29(16-17-29)23-12-14-24(37-4)15-13-23/h5-7,9-10,12-15H,8,11,16-20H2,1-4H3. The van der Waals surface area contributed by atoms with Crippen LogP contribution in [0.1, 0.15) is 50.8 Å². The molecule has 0 unspecified atom stereocenters. The molecule has 1 fully saturated rings. The second-order valence-corrected chi connectivity index (χ2v) is 13.6. The molecule has 4 rings (SSSR count). The van der Waals surface area contributed by atoms with Gasteiger partial charge in [-0.3, -0.25) is 9.59 Å². The number of Topliss-reactive ketones (excluding diaryl/α,β-unsaturated/α-hetero) is 1. The smallest absolute Gasteiger partial charge is 0.233 e. The molecular formula is C29H35N3O5S2. The Hall–Kier alpha value is -3.08. The Morgan fingerprint density at radius 2 is 1.72 bits per heavy atom. The van der Waals surface area contributed by atoms with E-state index >= 15 is 0 Å². The number of amides is 1. The number of ether oxygens (including phenoxy) is 1. The van der Waals surface area contributed by atoms with Crippen LogP contribution in [0, 0.1) is 6.92 Å². The number of ketones is 1. The number of carbonyl (C=O) groups excluding carboxylic acids is 2. The first-order valence-corrected chi connectivity index (χ1v) is 15.4. The molecule has 0 radical (unpaired) electrons. The number of aromatic nitrogens is 1. The van der Waals surface area contributed by atoms with E-state index in [1.807, 2.05) is 47.4 Å². The van der Waals surface area contributed by atoms with Gasteiger partial charge in [0.25, 0.3) is 0 Å². The van der Waals surface area contributed by atoms with Gasteiger partial charge in [0.2, 0.25) is 15.9 Å². The molecule has 1 aliphatic rings. The summed E-state index contributed by atoms with van der Waals surface area (Å²) in [6, 6.07) is 17.8. The lowest BCUT2D eigenvalue weighted by Gasteiger charge is -2.27. The number of sulfonamides is 1. The Labute approximate surface area is 234 Å². The number of methoxy groups -OCH3 is 1. The number of hydrogen-bond donors (Lipinski definition) is 0. The van der Waals surface area contributed by atoms with Crippen LogP contribution in [0.15, 0.2) is 54.6 Å². The molecule has 1 saturated carbocycles. The topological polar surface area (TPSA) is 96.9 Å². The zero-order valence-corrected chi connectivity index (χ0v) is 24.5. The average molecular weight is 570 g/mol. The van der Waals surface area contributed by atoms with Crippen molar-refractivity contribution in [2.45, 2.75) is 44.6 Å². The van der Waals surface area contributed by atoms with Crippen LogP contribution in [0.3, 0.4) is 0 Å². The largest absolute Gasteiger partial charge is 0.497 e. The molecule has 0 bridgehead atoms. The number of rotatable bonds is 13. The number of nitrogens with zero attached hydrogens (tertiary/aromatic N) is 3. The van der Waals surface area contributed by atoms with Crippen LogP contribution in [-0.2, 0) is 33.2 Å². The molecule has 1 heterocycles. The predicted molar refractivity (Wildman–Crippen MR) is 153 cm³/mol. The fourth-order valence-corrected chi connectivity index (χ4v) is 6.33. The summed E-state index contributed by atoms with van der Waals surface area (Å²) in [7, 11) is 0.718. The van der Waals surface area contributed by atoms with Crippen LogP contribution in [0.2, 0.25) is 0 Å². The van der Waals surface area contributed by atoms with Crippen molar-refractivity contribution in [3.63, 3.8) is 0 Å². The molecule has 1 aliphatic carbocycles. The summed E-state index contributed by atoms with van der Waals surface area (Å²) in [5, 5.41) is 0.622. The maximum absolute atomic E-state index is 14.0. The monoisotopic (exact) mass is 569 g/mol. The molecular weight excluding hydrogens is 534 g/mol. The maximum atomic E-state index is 14.0. The predicted octanol–water partition coefficient (Wildman–Crippen LogP) is 4.23. The first-order valence-electron chi connectivity index (χ1n) is 12.9. The van der Waals surface area contributed by atoms with Gasteiger partial charge in [0.05, 0.1) is 19.1 Å². The maximum Gasteiger partial charge on any atom is 0.233 e. The molecule has 8 nitrogen and oxygen atoms in total. The van der Waals surface area contributed by atoms with E-state index in [2.05, 4.69) is 17.1 Å². The van der Waals surface area contributed by atoms with Crippen molar-refractivity contribution in [3.05, 3.63) is 81.3 Å². The molecule has 0 atom stereocenters. The second-order valence-electron chi connectivity index (χ2n) is 10.1. The van der Waals surface area contributed by atoms with Gasteiger partial charge in [-0.1, -0.05) is 42.5 Å². The highest BCUT2D eigenvalue weighted by Gasteiger charge is 2.53. The molecule has 10 heteroatoms. The third kappa shape index (κ3) is 6.74. The highest BCUT2D eigenvalue weighted by molar-refractivity contribution is 7.89. The minimum Gasteiger partial charge on any atom is -0.497 e. The van der Waals surface area contributed by atoms with Crippen molar-refractivity contribution >= 4 is 33.1 Å². The molecule has 0 aliphatic heterocycles. The van der Waals surface area contributed by atoms with Gasteiger partial charge in [-0.25, -0.2) is 17.7 Å². The van der Waals surface area contributed by atoms with E-state index < -0.39 is 27.0 Å². The van der Waals surface area contributed by atoms with Gasteiger partial charge in [-0.15, -0.1) is 11.3 Å². The summed E-state index contributed by atoms with van der Waals surface area (Å²) < 4.78 is 30.8. The summed E-state index contributed by atoms with van der Waals surface area (Å²) >= 11 is 1.33. The van der Waals surface area contributed by atoms with Gasteiger partial charge < -0.3 is 9.64 Å². The van der Waals surface area contributed by atoms with Crippen LogP contribution in [0.4, 0.5) is 0 Å². The fourth-order valence-electron chi connectivity index (χ4n) is 4.64. The van der Waals surface area contributed by atoms with E-state index in [9.17, 15) is 18.0 Å². The average Bonchev–Trinajstić information content (AvgIpc) is 3.64. The molecule has 0 N–H and O–H groups in total. The van der Waals surface area contributed by atoms with Crippen molar-refractivity contribution in [2.75, 3.05) is 33.5 Å². The summed E-state index contributed by atoms with van der Waals surface area (Å²) in [6.45, 7) is 2.57. The fraction of sp³-hybridized carbons (Fsp3) is 0.414. The normalized spacial score (nSPS) is 14.3. The quantitative estimate of drug-likeness (QED) is 0.286. The number of carbonyl (C=O) groups is 2. The number of benzene rings is 2. The van der Waals surface area contributed by atoms with Crippen LogP contribution >= 0.6 is 11.3 Å². The summed E-state index contributed by atoms with van der Waals surface area (Å²) in [6.07, 6.45) is 3.17. The molecule has 2 aromatic carbocycles. The molecule has 39 heavy (non-hydrogen) atoms. The lowest BCUT2D eigenvalue weighted by atomic mass is 9.94. The number of aryl methyl sites for hydroxylation is 2. The van der Waals surface area contributed by atoms with Gasteiger partial charge >= 0.3 is 0 Å². The van der Waals surface area contributed by atoms with E-state index in [0.717, 1.165) is 41.3 Å². The SMILES string of the molecule is COc1ccc(C2(C(=O)N(CCCc3ccccc3)Cc3nc(C(=O)CS(=O)(=O)N(C)C)c(C)s3)CC2)cc1. The van der Waals surface area contributed by atoms with Gasteiger partial charge in [0.1, 0.15) is 22.2 Å². The molecule has 0 spiro atoms. The Morgan fingerprint density at radius 1 is 1.05 bits per heavy atom. The lowest BCUT2D eigenvalue weighted by molar-refractivity contribution is -0.134. The molecule has 208 valence electrons. The van der Waals surface area contributed by atoms with Crippen molar-refractivity contribution < 1.29 is 22.7 Å². The van der Waals surface area contributed by atoms with E-state index in [1.54, 1.807) is 14.0 Å². The summed E-state index contributed by atoms with van der Waals surface area (Å²) in [4.78, 5) is 33.9. The van der Waals surface area contributed by atoms with Crippen LogP contribution < -0.4 is 4.74 Å². The highest BCUT2D eigenvalue weighted by atomic mass is 32.2. The lowest BCUT2D eigenvalue weighted by Crippen LogP contribution is -2.39.